The van der Waals surface area contributed by atoms with Crippen LogP contribution in [0.4, 0.5) is 0 Å². The van der Waals surface area contributed by atoms with Crippen molar-refractivity contribution in [3.8, 4) is 0 Å². The van der Waals surface area contributed by atoms with Crippen molar-refractivity contribution in [2.45, 2.75) is 19.3 Å². The number of rotatable bonds is 3. The van der Waals surface area contributed by atoms with E-state index in [0.717, 1.165) is 16.5 Å². The lowest BCUT2D eigenvalue weighted by Crippen LogP contribution is -2.04. The molecule has 1 unspecified atom stereocenters. The third kappa shape index (κ3) is 2.00. The number of carboxylic acid groups (broad SMARTS) is 1. The van der Waals surface area contributed by atoms with Crippen LogP contribution in [0, 0.1) is 0 Å². The van der Waals surface area contributed by atoms with Crippen LogP contribution in [0.5, 0.6) is 0 Å². The average Bonchev–Trinajstić information content (AvgIpc) is 2.27. The Balaban J connectivity index is 2.47. The first kappa shape index (κ1) is 10.5. The molecule has 0 saturated heterocycles. The largest absolute Gasteiger partial charge is 0.481 e. The van der Waals surface area contributed by atoms with E-state index in [1.165, 1.54) is 0 Å². The summed E-state index contributed by atoms with van der Waals surface area (Å²) >= 11 is 0. The number of hydrogen-bond acceptors (Lipinski definition) is 3. The number of fused-ring (bicyclic) bond motifs is 1. The highest BCUT2D eigenvalue weighted by Crippen LogP contribution is 2.25. The van der Waals surface area contributed by atoms with Crippen LogP contribution in [0.15, 0.2) is 30.5 Å². The summed E-state index contributed by atoms with van der Waals surface area (Å²) in [5.74, 6) is -0.855. The van der Waals surface area contributed by atoms with E-state index in [-0.39, 0.29) is 12.3 Å². The van der Waals surface area contributed by atoms with Crippen molar-refractivity contribution in [3.05, 3.63) is 36.0 Å². The van der Waals surface area contributed by atoms with E-state index in [2.05, 4.69) is 10.2 Å². The SMILES string of the molecule is CC(CC(=O)O)c1cnnc2ccccc12. The maximum absolute atomic E-state index is 10.7. The summed E-state index contributed by atoms with van der Waals surface area (Å²) in [5.41, 5.74) is 1.74. The van der Waals surface area contributed by atoms with Gasteiger partial charge in [0, 0.05) is 5.39 Å². The van der Waals surface area contributed by atoms with Gasteiger partial charge in [-0.1, -0.05) is 25.1 Å². The first-order valence-electron chi connectivity index (χ1n) is 5.10. The fourth-order valence-corrected chi connectivity index (χ4v) is 1.79. The highest BCUT2D eigenvalue weighted by molar-refractivity contribution is 5.82. The normalized spacial score (nSPS) is 12.6. The van der Waals surface area contributed by atoms with Crippen LogP contribution in [-0.4, -0.2) is 21.3 Å². The standard InChI is InChI=1S/C12H12N2O2/c1-8(6-12(15)16)10-7-13-14-11-5-3-2-4-9(10)11/h2-5,7-8H,6H2,1H3,(H,15,16). The Hall–Kier alpha value is -1.97. The average molecular weight is 216 g/mol. The third-order valence-corrected chi connectivity index (χ3v) is 2.59. The highest BCUT2D eigenvalue weighted by Gasteiger charge is 2.13. The minimum absolute atomic E-state index is 0.0575. The molecule has 0 spiro atoms. The number of aliphatic carboxylic acids is 1. The predicted octanol–water partition coefficient (Wildman–Crippen LogP) is 2.21. The van der Waals surface area contributed by atoms with Gasteiger partial charge in [-0.25, -0.2) is 0 Å². The molecule has 1 N–H and O–H groups in total. The minimum Gasteiger partial charge on any atom is -0.481 e. The summed E-state index contributed by atoms with van der Waals surface area (Å²) < 4.78 is 0. The zero-order chi connectivity index (χ0) is 11.5. The molecule has 0 radical (unpaired) electrons. The van der Waals surface area contributed by atoms with Crippen LogP contribution >= 0.6 is 0 Å². The maximum Gasteiger partial charge on any atom is 0.303 e. The van der Waals surface area contributed by atoms with Gasteiger partial charge >= 0.3 is 5.97 Å². The van der Waals surface area contributed by atoms with Crippen molar-refractivity contribution in [1.82, 2.24) is 10.2 Å². The van der Waals surface area contributed by atoms with Gasteiger partial charge in [-0.2, -0.15) is 10.2 Å². The van der Waals surface area contributed by atoms with Gasteiger partial charge in [0.05, 0.1) is 18.1 Å². The van der Waals surface area contributed by atoms with E-state index >= 15 is 0 Å². The molecular weight excluding hydrogens is 204 g/mol. The lowest BCUT2D eigenvalue weighted by atomic mass is 9.96. The molecule has 2 aromatic rings. The molecule has 4 heteroatoms. The fourth-order valence-electron chi connectivity index (χ4n) is 1.79. The smallest absolute Gasteiger partial charge is 0.303 e. The molecule has 1 aromatic heterocycles. The van der Waals surface area contributed by atoms with E-state index in [1.54, 1.807) is 6.20 Å². The van der Waals surface area contributed by atoms with Gasteiger partial charge in [0.25, 0.3) is 0 Å². The van der Waals surface area contributed by atoms with Crippen molar-refractivity contribution in [3.63, 3.8) is 0 Å². The molecule has 82 valence electrons. The first-order chi connectivity index (χ1) is 7.68. The van der Waals surface area contributed by atoms with Gasteiger partial charge < -0.3 is 5.11 Å². The summed E-state index contributed by atoms with van der Waals surface area (Å²) in [6.07, 6.45) is 1.76. The molecule has 0 aliphatic carbocycles. The Labute approximate surface area is 92.9 Å². The zero-order valence-corrected chi connectivity index (χ0v) is 8.92. The van der Waals surface area contributed by atoms with Crippen LogP contribution in [0.3, 0.4) is 0 Å². The molecule has 0 aliphatic heterocycles. The highest BCUT2D eigenvalue weighted by atomic mass is 16.4. The summed E-state index contributed by atoms with van der Waals surface area (Å²) in [4.78, 5) is 10.7. The summed E-state index contributed by atoms with van der Waals surface area (Å²) in [5, 5.41) is 17.7. The first-order valence-corrected chi connectivity index (χ1v) is 5.10. The quantitative estimate of drug-likeness (QED) is 0.854. The molecule has 0 fully saturated rings. The molecule has 16 heavy (non-hydrogen) atoms. The second-order valence-electron chi connectivity index (χ2n) is 3.82. The van der Waals surface area contributed by atoms with E-state index in [0.29, 0.717) is 0 Å². The topological polar surface area (TPSA) is 63.1 Å². The van der Waals surface area contributed by atoms with Crippen molar-refractivity contribution in [2.24, 2.45) is 0 Å². The second kappa shape index (κ2) is 4.26. The molecule has 0 aliphatic rings. The van der Waals surface area contributed by atoms with Crippen LogP contribution in [0.25, 0.3) is 10.9 Å². The monoisotopic (exact) mass is 216 g/mol. The van der Waals surface area contributed by atoms with Crippen molar-refractivity contribution < 1.29 is 9.90 Å². The summed E-state index contributed by atoms with van der Waals surface area (Å²) in [7, 11) is 0. The van der Waals surface area contributed by atoms with Gasteiger partial charge in [0.15, 0.2) is 0 Å². The van der Waals surface area contributed by atoms with Crippen LogP contribution in [0.1, 0.15) is 24.8 Å². The van der Waals surface area contributed by atoms with Crippen molar-refractivity contribution in [2.75, 3.05) is 0 Å². The van der Waals surface area contributed by atoms with Gasteiger partial charge in [0.2, 0.25) is 0 Å². The van der Waals surface area contributed by atoms with E-state index in [1.807, 2.05) is 31.2 Å². The maximum atomic E-state index is 10.7. The van der Waals surface area contributed by atoms with Crippen LogP contribution in [-0.2, 0) is 4.79 Å². The van der Waals surface area contributed by atoms with E-state index in [4.69, 9.17) is 5.11 Å². The molecule has 4 nitrogen and oxygen atoms in total. The third-order valence-electron chi connectivity index (χ3n) is 2.59. The predicted molar refractivity (Wildman–Crippen MR) is 60.2 cm³/mol. The molecule has 2 rings (SSSR count). The van der Waals surface area contributed by atoms with E-state index in [9.17, 15) is 4.79 Å². The van der Waals surface area contributed by atoms with Crippen LogP contribution < -0.4 is 0 Å². The Bertz CT molecular complexity index is 520. The number of benzene rings is 1. The molecular formula is C12H12N2O2. The summed E-state index contributed by atoms with van der Waals surface area (Å²) in [6, 6.07) is 7.63. The minimum atomic E-state index is -0.798. The van der Waals surface area contributed by atoms with Gasteiger partial charge in [-0.15, -0.1) is 0 Å². The number of carbonyl (C=O) groups is 1. The number of nitrogens with zero attached hydrogens (tertiary/aromatic N) is 2. The van der Waals surface area contributed by atoms with Crippen molar-refractivity contribution in [1.29, 1.82) is 0 Å². The Morgan fingerprint density at radius 3 is 2.94 bits per heavy atom. The lowest BCUT2D eigenvalue weighted by molar-refractivity contribution is -0.137. The molecule has 0 amide bonds. The van der Waals surface area contributed by atoms with Gasteiger partial charge in [-0.05, 0) is 17.5 Å². The number of carboxylic acids is 1. The van der Waals surface area contributed by atoms with E-state index < -0.39 is 5.97 Å². The molecule has 1 heterocycles. The lowest BCUT2D eigenvalue weighted by Gasteiger charge is -2.10. The Kier molecular flexibility index (Phi) is 2.81. The number of hydrogen-bond donors (Lipinski definition) is 1. The molecule has 1 aromatic carbocycles. The van der Waals surface area contributed by atoms with Gasteiger partial charge in [0.1, 0.15) is 0 Å². The summed E-state index contributed by atoms with van der Waals surface area (Å²) in [6.45, 7) is 1.89. The molecule has 1 atom stereocenters. The second-order valence-corrected chi connectivity index (χ2v) is 3.82. The van der Waals surface area contributed by atoms with Crippen molar-refractivity contribution >= 4 is 16.9 Å². The van der Waals surface area contributed by atoms with Gasteiger partial charge in [-0.3, -0.25) is 4.79 Å². The Morgan fingerprint density at radius 1 is 1.44 bits per heavy atom. The van der Waals surface area contributed by atoms with Crippen LogP contribution in [0.2, 0.25) is 0 Å². The molecule has 0 bridgehead atoms. The Morgan fingerprint density at radius 2 is 2.19 bits per heavy atom. The number of aromatic nitrogens is 2. The fraction of sp³-hybridized carbons (Fsp3) is 0.250. The molecule has 0 saturated carbocycles. The zero-order valence-electron chi connectivity index (χ0n) is 8.92.